The topological polar surface area (TPSA) is 64.6 Å². The SMILES string of the molecule is CC=COOOOOOOCCCCCCCCCCCCCC. The number of hydrogen-bond donors (Lipinski definition) is 0. The van der Waals surface area contributed by atoms with Crippen LogP contribution in [0.5, 0.6) is 0 Å². The Bertz CT molecular complexity index is 249. The highest BCUT2D eigenvalue weighted by Crippen LogP contribution is 2.11. The van der Waals surface area contributed by atoms with Crippen LogP contribution in [0.2, 0.25) is 0 Å². The summed E-state index contributed by atoms with van der Waals surface area (Å²) in [6.07, 6.45) is 18.3. The van der Waals surface area contributed by atoms with Crippen molar-refractivity contribution in [3.8, 4) is 0 Å². The second-order valence-electron chi connectivity index (χ2n) is 5.62. The third-order valence-corrected chi connectivity index (χ3v) is 3.47. The maximum Gasteiger partial charge on any atom is 0.128 e. The molecule has 0 aromatic heterocycles. The van der Waals surface area contributed by atoms with E-state index in [0.717, 1.165) is 12.8 Å². The van der Waals surface area contributed by atoms with Crippen molar-refractivity contribution in [2.45, 2.75) is 90.9 Å². The molecule has 0 N–H and O–H groups in total. The summed E-state index contributed by atoms with van der Waals surface area (Å²) < 4.78 is 0. The van der Waals surface area contributed by atoms with Gasteiger partial charge in [0.2, 0.25) is 0 Å². The number of rotatable bonds is 20. The van der Waals surface area contributed by atoms with Gasteiger partial charge in [0.15, 0.2) is 0 Å². The average Bonchev–Trinajstić information content (AvgIpc) is 2.60. The lowest BCUT2D eigenvalue weighted by Crippen LogP contribution is -2.01. The molecule has 0 spiro atoms. The summed E-state index contributed by atoms with van der Waals surface area (Å²) in [6.45, 7) is 4.42. The van der Waals surface area contributed by atoms with Crippen molar-refractivity contribution in [2.24, 2.45) is 0 Å². The van der Waals surface area contributed by atoms with E-state index in [4.69, 9.17) is 4.89 Å². The van der Waals surface area contributed by atoms with Crippen LogP contribution in [0.25, 0.3) is 0 Å². The zero-order chi connectivity index (χ0) is 17.6. The van der Waals surface area contributed by atoms with Gasteiger partial charge in [0.05, 0.1) is 6.61 Å². The number of allylic oxidation sites excluding steroid dienone is 1. The van der Waals surface area contributed by atoms with Crippen LogP contribution >= 0.6 is 0 Å². The summed E-state index contributed by atoms with van der Waals surface area (Å²) in [5.41, 5.74) is 0. The molecule has 0 radical (unpaired) electrons. The minimum atomic E-state index is 0.427. The lowest BCUT2D eigenvalue weighted by molar-refractivity contribution is -0.786. The summed E-state index contributed by atoms with van der Waals surface area (Å²) in [6, 6.07) is 0. The van der Waals surface area contributed by atoms with Crippen LogP contribution in [0.4, 0.5) is 0 Å². The van der Waals surface area contributed by atoms with E-state index in [-0.39, 0.29) is 0 Å². The van der Waals surface area contributed by atoms with E-state index in [1.165, 1.54) is 70.5 Å². The van der Waals surface area contributed by atoms with Crippen molar-refractivity contribution in [3.63, 3.8) is 0 Å². The van der Waals surface area contributed by atoms with Crippen LogP contribution in [0.15, 0.2) is 12.3 Å². The van der Waals surface area contributed by atoms with Gasteiger partial charge in [0, 0.05) is 15.1 Å². The van der Waals surface area contributed by atoms with Crippen LogP contribution in [0.1, 0.15) is 90.9 Å². The molecule has 0 bridgehead atoms. The van der Waals surface area contributed by atoms with Crippen LogP contribution in [0.3, 0.4) is 0 Å². The predicted octanol–water partition coefficient (Wildman–Crippen LogP) is 5.83. The summed E-state index contributed by atoms with van der Waals surface area (Å²) in [4.78, 5) is 9.02. The third kappa shape index (κ3) is 21.3. The van der Waals surface area contributed by atoms with Crippen LogP contribution in [-0.2, 0) is 35.0 Å². The fourth-order valence-corrected chi connectivity index (χ4v) is 2.18. The lowest BCUT2D eigenvalue weighted by Gasteiger charge is -2.03. The van der Waals surface area contributed by atoms with Crippen molar-refractivity contribution in [1.29, 1.82) is 0 Å². The first-order valence-electron chi connectivity index (χ1n) is 9.14. The molecule has 0 fully saturated rings. The summed E-state index contributed by atoms with van der Waals surface area (Å²) in [7, 11) is 0. The van der Waals surface area contributed by atoms with E-state index in [1.807, 2.05) is 0 Å². The molecule has 0 heterocycles. The zero-order valence-electron chi connectivity index (χ0n) is 15.2. The smallest absolute Gasteiger partial charge is 0.128 e. The molecule has 7 heteroatoms. The van der Waals surface area contributed by atoms with E-state index in [1.54, 1.807) is 13.0 Å². The molecule has 0 atom stereocenters. The van der Waals surface area contributed by atoms with Gasteiger partial charge in [-0.2, -0.15) is 0 Å². The molecule has 0 unspecified atom stereocenters. The number of hydrogen-bond acceptors (Lipinski definition) is 7. The highest BCUT2D eigenvalue weighted by Gasteiger charge is 1.96. The summed E-state index contributed by atoms with van der Waals surface area (Å²) in [5.74, 6) is 0. The van der Waals surface area contributed by atoms with Gasteiger partial charge in [0.25, 0.3) is 0 Å². The summed E-state index contributed by atoms with van der Waals surface area (Å²) >= 11 is 0. The maximum atomic E-state index is 4.72. The molecule has 0 aromatic carbocycles. The Morgan fingerprint density at radius 1 is 0.583 bits per heavy atom. The van der Waals surface area contributed by atoms with Gasteiger partial charge in [-0.3, -0.25) is 0 Å². The second kappa shape index (κ2) is 22.3. The molecule has 0 aliphatic heterocycles. The van der Waals surface area contributed by atoms with Crippen molar-refractivity contribution in [2.75, 3.05) is 6.61 Å². The molecular formula is C17H34O7. The Labute approximate surface area is 145 Å². The van der Waals surface area contributed by atoms with E-state index in [9.17, 15) is 0 Å². The van der Waals surface area contributed by atoms with Crippen LogP contribution in [0, 0.1) is 0 Å². The van der Waals surface area contributed by atoms with Gasteiger partial charge in [-0.1, -0.05) is 77.6 Å². The van der Waals surface area contributed by atoms with Crippen molar-refractivity contribution >= 4 is 0 Å². The highest BCUT2D eigenvalue weighted by molar-refractivity contribution is 4.62. The van der Waals surface area contributed by atoms with Crippen LogP contribution in [-0.4, -0.2) is 6.61 Å². The Kier molecular flexibility index (Phi) is 21.6. The van der Waals surface area contributed by atoms with E-state index < -0.39 is 0 Å². The maximum absolute atomic E-state index is 4.72. The molecule has 0 saturated carbocycles. The van der Waals surface area contributed by atoms with E-state index in [2.05, 4.69) is 37.0 Å². The monoisotopic (exact) mass is 350 g/mol. The van der Waals surface area contributed by atoms with Gasteiger partial charge in [0.1, 0.15) is 6.26 Å². The van der Waals surface area contributed by atoms with Gasteiger partial charge in [-0.05, 0) is 29.5 Å². The van der Waals surface area contributed by atoms with E-state index >= 15 is 0 Å². The Balaban J connectivity index is 2.95. The van der Waals surface area contributed by atoms with Gasteiger partial charge >= 0.3 is 0 Å². The highest BCUT2D eigenvalue weighted by atomic mass is 17.9. The lowest BCUT2D eigenvalue weighted by atomic mass is 10.1. The van der Waals surface area contributed by atoms with Crippen LogP contribution < -0.4 is 0 Å². The molecular weight excluding hydrogens is 316 g/mol. The zero-order valence-corrected chi connectivity index (χ0v) is 15.2. The Morgan fingerprint density at radius 3 is 1.67 bits per heavy atom. The molecule has 7 nitrogen and oxygen atoms in total. The average molecular weight is 350 g/mol. The fraction of sp³-hybridized carbons (Fsp3) is 0.882. The quantitative estimate of drug-likeness (QED) is 0.118. The summed E-state index contributed by atoms with van der Waals surface area (Å²) in [5, 5.41) is 20.2. The van der Waals surface area contributed by atoms with Crippen molar-refractivity contribution < 1.29 is 35.0 Å². The van der Waals surface area contributed by atoms with Crippen molar-refractivity contribution in [3.05, 3.63) is 12.3 Å². The van der Waals surface area contributed by atoms with Gasteiger partial charge < -0.3 is 4.89 Å². The minimum absolute atomic E-state index is 0.427. The Morgan fingerprint density at radius 2 is 1.08 bits per heavy atom. The second-order valence-corrected chi connectivity index (χ2v) is 5.62. The van der Waals surface area contributed by atoms with Gasteiger partial charge in [-0.15, -0.1) is 0 Å². The first-order valence-corrected chi connectivity index (χ1v) is 9.14. The molecule has 0 aromatic rings. The first-order chi connectivity index (χ1) is 11.9. The van der Waals surface area contributed by atoms with Crippen molar-refractivity contribution in [1.82, 2.24) is 0 Å². The standard InChI is InChI=1S/C17H34O7/c1-3-5-6-7-8-9-10-11-12-13-14-15-17-19-21-23-24-22-20-18-16-4-2/h4,16H,3,5-15,17H2,1-2H3. The normalized spacial score (nSPS) is 11.4. The van der Waals surface area contributed by atoms with E-state index in [0.29, 0.717) is 6.61 Å². The molecule has 0 aliphatic rings. The van der Waals surface area contributed by atoms with Gasteiger partial charge in [-0.25, -0.2) is 4.89 Å². The largest absolute Gasteiger partial charge is 0.314 e. The Hall–Kier alpha value is -0.700. The predicted molar refractivity (Wildman–Crippen MR) is 88.4 cm³/mol. The fourth-order valence-electron chi connectivity index (χ4n) is 2.18. The number of unbranched alkanes of at least 4 members (excludes halogenated alkanes) is 11. The molecule has 0 saturated heterocycles. The molecule has 24 heavy (non-hydrogen) atoms. The minimum Gasteiger partial charge on any atom is -0.314 e. The molecule has 0 aliphatic carbocycles. The first kappa shape index (κ1) is 23.3. The molecule has 144 valence electrons. The molecule has 0 rings (SSSR count). The third-order valence-electron chi connectivity index (χ3n) is 3.47. The molecule has 0 amide bonds.